The molecule has 0 aromatic heterocycles. The van der Waals surface area contributed by atoms with Crippen LogP contribution in [0.2, 0.25) is 0 Å². The zero-order chi connectivity index (χ0) is 18.7. The summed E-state index contributed by atoms with van der Waals surface area (Å²) in [5.74, 6) is 0.947. The Hall–Kier alpha value is -0.850. The second kappa shape index (κ2) is 11.8. The van der Waals surface area contributed by atoms with Gasteiger partial charge in [-0.15, -0.1) is 0 Å². The minimum Gasteiger partial charge on any atom is -0.379 e. The second-order valence-electron chi connectivity index (χ2n) is 7.62. The van der Waals surface area contributed by atoms with Gasteiger partial charge in [-0.25, -0.2) is 0 Å². The Kier molecular flexibility index (Phi) is 9.72. The maximum absolute atomic E-state index is 5.58. The summed E-state index contributed by atoms with van der Waals surface area (Å²) in [5, 5.41) is 7.14. The van der Waals surface area contributed by atoms with Gasteiger partial charge in [0.05, 0.1) is 13.2 Å². The van der Waals surface area contributed by atoms with Gasteiger partial charge < -0.3 is 20.3 Å². The van der Waals surface area contributed by atoms with Gasteiger partial charge in [-0.3, -0.25) is 9.89 Å². The molecule has 2 fully saturated rings. The molecule has 6 heteroatoms. The van der Waals surface area contributed by atoms with E-state index in [1.54, 1.807) is 0 Å². The monoisotopic (exact) mass is 367 g/mol. The Morgan fingerprint density at radius 2 is 1.77 bits per heavy atom. The smallest absolute Gasteiger partial charge is 0.191 e. The number of guanidine groups is 1. The molecule has 0 aromatic carbocycles. The third-order valence-corrected chi connectivity index (χ3v) is 6.11. The minimum absolute atomic E-state index is 0.279. The molecular formula is C20H41N5O. The first-order chi connectivity index (χ1) is 12.7. The number of hydrogen-bond acceptors (Lipinski definition) is 4. The van der Waals surface area contributed by atoms with Crippen molar-refractivity contribution in [2.45, 2.75) is 57.9 Å². The summed E-state index contributed by atoms with van der Waals surface area (Å²) in [4.78, 5) is 9.59. The fraction of sp³-hybridized carbons (Fsp3) is 0.950. The highest BCUT2D eigenvalue weighted by Gasteiger charge is 2.38. The zero-order valence-corrected chi connectivity index (χ0v) is 17.4. The van der Waals surface area contributed by atoms with Gasteiger partial charge in [0.25, 0.3) is 0 Å². The Morgan fingerprint density at radius 3 is 2.38 bits per heavy atom. The largest absolute Gasteiger partial charge is 0.379 e. The predicted octanol–water partition coefficient (Wildman–Crippen LogP) is 1.92. The fourth-order valence-corrected chi connectivity index (χ4v) is 4.37. The van der Waals surface area contributed by atoms with Crippen LogP contribution in [0.4, 0.5) is 0 Å². The summed E-state index contributed by atoms with van der Waals surface area (Å²) in [5.41, 5.74) is 0.279. The van der Waals surface area contributed by atoms with Crippen LogP contribution in [0.5, 0.6) is 0 Å². The van der Waals surface area contributed by atoms with Crippen LogP contribution in [0.25, 0.3) is 0 Å². The number of hydrogen-bond donors (Lipinski definition) is 2. The molecule has 0 radical (unpaired) electrons. The van der Waals surface area contributed by atoms with Gasteiger partial charge in [0.15, 0.2) is 5.96 Å². The van der Waals surface area contributed by atoms with Crippen molar-refractivity contribution < 1.29 is 4.74 Å². The van der Waals surface area contributed by atoms with Gasteiger partial charge in [0, 0.05) is 38.8 Å². The maximum Gasteiger partial charge on any atom is 0.191 e. The number of nitrogens with zero attached hydrogens (tertiary/aromatic N) is 3. The SMILES string of the molecule is CCN(CC)CCCNC(=NC)NCC1(N2CCOCC2)CCCCC1. The predicted molar refractivity (Wildman–Crippen MR) is 110 cm³/mol. The molecule has 1 saturated carbocycles. The number of morpholine rings is 1. The highest BCUT2D eigenvalue weighted by atomic mass is 16.5. The Bertz CT molecular complexity index is 399. The summed E-state index contributed by atoms with van der Waals surface area (Å²) in [6.45, 7) is 13.7. The number of rotatable bonds is 9. The van der Waals surface area contributed by atoms with E-state index in [9.17, 15) is 0 Å². The Labute approximate surface area is 160 Å². The highest BCUT2D eigenvalue weighted by Crippen LogP contribution is 2.33. The van der Waals surface area contributed by atoms with E-state index in [1.807, 2.05) is 7.05 Å². The van der Waals surface area contributed by atoms with E-state index in [1.165, 1.54) is 32.1 Å². The average Bonchev–Trinajstić information content (AvgIpc) is 2.71. The Morgan fingerprint density at radius 1 is 1.08 bits per heavy atom. The summed E-state index contributed by atoms with van der Waals surface area (Å²) >= 11 is 0. The highest BCUT2D eigenvalue weighted by molar-refractivity contribution is 5.79. The van der Waals surface area contributed by atoms with Gasteiger partial charge in [-0.1, -0.05) is 33.1 Å². The molecule has 0 unspecified atom stereocenters. The van der Waals surface area contributed by atoms with Crippen molar-refractivity contribution in [2.24, 2.45) is 4.99 Å². The van der Waals surface area contributed by atoms with Crippen molar-refractivity contribution in [3.63, 3.8) is 0 Å². The molecule has 26 heavy (non-hydrogen) atoms. The second-order valence-corrected chi connectivity index (χ2v) is 7.62. The molecule has 0 spiro atoms. The first-order valence-corrected chi connectivity index (χ1v) is 10.7. The molecule has 0 atom stereocenters. The van der Waals surface area contributed by atoms with Crippen molar-refractivity contribution in [1.29, 1.82) is 0 Å². The fourth-order valence-electron chi connectivity index (χ4n) is 4.37. The topological polar surface area (TPSA) is 52.1 Å². The van der Waals surface area contributed by atoms with E-state index < -0.39 is 0 Å². The molecule has 2 aliphatic rings. The van der Waals surface area contributed by atoms with Crippen LogP contribution in [-0.2, 0) is 4.74 Å². The van der Waals surface area contributed by atoms with Crippen LogP contribution in [-0.4, -0.2) is 87.4 Å². The van der Waals surface area contributed by atoms with Crippen LogP contribution >= 0.6 is 0 Å². The van der Waals surface area contributed by atoms with Crippen molar-refractivity contribution in [3.05, 3.63) is 0 Å². The molecule has 0 aromatic rings. The van der Waals surface area contributed by atoms with E-state index in [-0.39, 0.29) is 5.54 Å². The third kappa shape index (κ3) is 6.39. The standard InChI is InChI=1S/C20H41N5O/c1-4-24(5-2)13-9-12-22-19(21-3)23-18-20(10-7-6-8-11-20)25-14-16-26-17-15-25/h4-18H2,1-3H3,(H2,21,22,23). The molecule has 1 saturated heterocycles. The zero-order valence-electron chi connectivity index (χ0n) is 17.4. The number of nitrogens with one attached hydrogen (secondary N) is 2. The van der Waals surface area contributed by atoms with Crippen LogP contribution in [0.1, 0.15) is 52.4 Å². The molecular weight excluding hydrogens is 326 g/mol. The lowest BCUT2D eigenvalue weighted by molar-refractivity contribution is -0.0352. The number of aliphatic imine (C=N–C) groups is 1. The van der Waals surface area contributed by atoms with E-state index in [0.717, 1.165) is 71.4 Å². The normalized spacial score (nSPS) is 21.8. The number of ether oxygens (including phenoxy) is 1. The molecule has 2 rings (SSSR count). The summed E-state index contributed by atoms with van der Waals surface area (Å²) in [6.07, 6.45) is 7.79. The molecule has 1 heterocycles. The summed E-state index contributed by atoms with van der Waals surface area (Å²) in [6, 6.07) is 0. The molecule has 6 nitrogen and oxygen atoms in total. The van der Waals surface area contributed by atoms with Crippen LogP contribution in [0.3, 0.4) is 0 Å². The molecule has 1 aliphatic heterocycles. The van der Waals surface area contributed by atoms with Gasteiger partial charge in [0.2, 0.25) is 0 Å². The molecule has 2 N–H and O–H groups in total. The van der Waals surface area contributed by atoms with Crippen LogP contribution < -0.4 is 10.6 Å². The van der Waals surface area contributed by atoms with Gasteiger partial charge in [-0.2, -0.15) is 0 Å². The van der Waals surface area contributed by atoms with Crippen molar-refractivity contribution >= 4 is 5.96 Å². The molecule has 0 bridgehead atoms. The van der Waals surface area contributed by atoms with Crippen LogP contribution in [0, 0.1) is 0 Å². The van der Waals surface area contributed by atoms with Gasteiger partial charge >= 0.3 is 0 Å². The first-order valence-electron chi connectivity index (χ1n) is 10.7. The van der Waals surface area contributed by atoms with Crippen molar-refractivity contribution in [1.82, 2.24) is 20.4 Å². The maximum atomic E-state index is 5.58. The van der Waals surface area contributed by atoms with Crippen molar-refractivity contribution in [2.75, 3.05) is 66.1 Å². The van der Waals surface area contributed by atoms with Gasteiger partial charge in [-0.05, 0) is 38.9 Å². The lowest BCUT2D eigenvalue weighted by atomic mass is 9.80. The molecule has 0 amide bonds. The lowest BCUT2D eigenvalue weighted by Crippen LogP contribution is -2.60. The van der Waals surface area contributed by atoms with E-state index in [0.29, 0.717) is 0 Å². The lowest BCUT2D eigenvalue weighted by Gasteiger charge is -2.48. The van der Waals surface area contributed by atoms with E-state index >= 15 is 0 Å². The molecule has 152 valence electrons. The summed E-state index contributed by atoms with van der Waals surface area (Å²) < 4.78 is 5.58. The summed E-state index contributed by atoms with van der Waals surface area (Å²) in [7, 11) is 1.88. The minimum atomic E-state index is 0.279. The molecule has 1 aliphatic carbocycles. The van der Waals surface area contributed by atoms with E-state index in [4.69, 9.17) is 4.74 Å². The first kappa shape index (κ1) is 21.5. The van der Waals surface area contributed by atoms with Gasteiger partial charge in [0.1, 0.15) is 0 Å². The van der Waals surface area contributed by atoms with Crippen LogP contribution in [0.15, 0.2) is 4.99 Å². The van der Waals surface area contributed by atoms with E-state index in [2.05, 4.69) is 39.3 Å². The van der Waals surface area contributed by atoms with Crippen molar-refractivity contribution in [3.8, 4) is 0 Å². The average molecular weight is 368 g/mol. The quantitative estimate of drug-likeness (QED) is 0.370. The third-order valence-electron chi connectivity index (χ3n) is 6.11. The Balaban J connectivity index is 1.80.